The Balaban J connectivity index is 1.71. The summed E-state index contributed by atoms with van der Waals surface area (Å²) < 4.78 is 43.1. The SMILES string of the molecule is CCN(Cc1cccc2c1OCCO2)C(=O)C(C)Oc1ccc(F)c(F)c1. The molecule has 144 valence electrons. The third-order valence-electron chi connectivity index (χ3n) is 4.25. The second-order valence-electron chi connectivity index (χ2n) is 6.13. The minimum atomic E-state index is -1.02. The van der Waals surface area contributed by atoms with Crippen molar-refractivity contribution >= 4 is 5.91 Å². The number of carbonyl (C=O) groups excluding carboxylic acids is 1. The van der Waals surface area contributed by atoms with Crippen LogP contribution in [0.3, 0.4) is 0 Å². The quantitative estimate of drug-likeness (QED) is 0.773. The van der Waals surface area contributed by atoms with Crippen LogP contribution in [-0.2, 0) is 11.3 Å². The fraction of sp³-hybridized carbons (Fsp3) is 0.350. The average Bonchev–Trinajstić information content (AvgIpc) is 2.68. The fourth-order valence-corrected chi connectivity index (χ4v) is 2.87. The number of benzene rings is 2. The molecule has 1 heterocycles. The van der Waals surface area contributed by atoms with Gasteiger partial charge in [0.15, 0.2) is 29.2 Å². The first-order valence-electron chi connectivity index (χ1n) is 8.77. The van der Waals surface area contributed by atoms with Crippen molar-refractivity contribution in [1.82, 2.24) is 4.90 Å². The number of carbonyl (C=O) groups is 1. The number of amides is 1. The number of likely N-dealkylation sites (N-methyl/N-ethyl adjacent to an activating group) is 1. The summed E-state index contributed by atoms with van der Waals surface area (Å²) in [6.45, 7) is 5.16. The number of nitrogens with zero attached hydrogens (tertiary/aromatic N) is 1. The second-order valence-corrected chi connectivity index (χ2v) is 6.13. The predicted molar refractivity (Wildman–Crippen MR) is 95.0 cm³/mol. The van der Waals surface area contributed by atoms with Crippen LogP contribution < -0.4 is 14.2 Å². The minimum Gasteiger partial charge on any atom is -0.486 e. The number of hydrogen-bond acceptors (Lipinski definition) is 4. The number of para-hydroxylation sites is 1. The number of fused-ring (bicyclic) bond motifs is 1. The Bertz CT molecular complexity index is 828. The first-order chi connectivity index (χ1) is 13.0. The maximum Gasteiger partial charge on any atom is 0.263 e. The van der Waals surface area contributed by atoms with Crippen LogP contribution in [0, 0.1) is 11.6 Å². The van der Waals surface area contributed by atoms with E-state index in [4.69, 9.17) is 14.2 Å². The smallest absolute Gasteiger partial charge is 0.263 e. The zero-order valence-corrected chi connectivity index (χ0v) is 15.2. The lowest BCUT2D eigenvalue weighted by Gasteiger charge is -2.27. The molecule has 27 heavy (non-hydrogen) atoms. The fourth-order valence-electron chi connectivity index (χ4n) is 2.87. The van der Waals surface area contributed by atoms with Crippen molar-refractivity contribution in [2.24, 2.45) is 0 Å². The molecule has 2 aromatic rings. The highest BCUT2D eigenvalue weighted by atomic mass is 19.2. The van der Waals surface area contributed by atoms with Crippen LogP contribution >= 0.6 is 0 Å². The lowest BCUT2D eigenvalue weighted by Crippen LogP contribution is -2.40. The van der Waals surface area contributed by atoms with Crippen molar-refractivity contribution in [3.63, 3.8) is 0 Å². The van der Waals surface area contributed by atoms with Gasteiger partial charge in [-0.1, -0.05) is 12.1 Å². The minimum absolute atomic E-state index is 0.0969. The summed E-state index contributed by atoms with van der Waals surface area (Å²) in [5.74, 6) is -0.853. The molecular weight excluding hydrogens is 356 g/mol. The molecule has 0 saturated heterocycles. The molecular formula is C20H21F2NO4. The van der Waals surface area contributed by atoms with Crippen LogP contribution in [0.2, 0.25) is 0 Å². The molecule has 0 aliphatic carbocycles. The molecule has 0 N–H and O–H groups in total. The average molecular weight is 377 g/mol. The molecule has 0 bridgehead atoms. The van der Waals surface area contributed by atoms with E-state index in [0.717, 1.165) is 17.7 Å². The summed E-state index contributed by atoms with van der Waals surface area (Å²) in [5, 5.41) is 0. The van der Waals surface area contributed by atoms with Gasteiger partial charge < -0.3 is 19.1 Å². The van der Waals surface area contributed by atoms with E-state index < -0.39 is 17.7 Å². The topological polar surface area (TPSA) is 48.0 Å². The lowest BCUT2D eigenvalue weighted by molar-refractivity contribution is -0.138. The zero-order chi connectivity index (χ0) is 19.4. The molecule has 3 rings (SSSR count). The molecule has 1 aliphatic rings. The Morgan fingerprint density at radius 1 is 1.19 bits per heavy atom. The Kier molecular flexibility index (Phi) is 5.78. The highest BCUT2D eigenvalue weighted by Crippen LogP contribution is 2.34. The van der Waals surface area contributed by atoms with E-state index >= 15 is 0 Å². The molecule has 5 nitrogen and oxygen atoms in total. The van der Waals surface area contributed by atoms with Crippen molar-refractivity contribution < 1.29 is 27.8 Å². The summed E-state index contributed by atoms with van der Waals surface area (Å²) in [5.41, 5.74) is 0.836. The number of rotatable bonds is 6. The Labute approximate surface area is 156 Å². The van der Waals surface area contributed by atoms with Crippen molar-refractivity contribution in [2.45, 2.75) is 26.5 Å². The maximum atomic E-state index is 13.3. The molecule has 0 aromatic heterocycles. The van der Waals surface area contributed by atoms with Crippen molar-refractivity contribution in [2.75, 3.05) is 19.8 Å². The monoisotopic (exact) mass is 377 g/mol. The van der Waals surface area contributed by atoms with E-state index in [9.17, 15) is 13.6 Å². The van der Waals surface area contributed by atoms with Crippen molar-refractivity contribution in [1.29, 1.82) is 0 Å². The second kappa shape index (κ2) is 8.24. The maximum absolute atomic E-state index is 13.3. The van der Waals surface area contributed by atoms with Gasteiger partial charge in [-0.3, -0.25) is 4.79 Å². The normalized spacial score (nSPS) is 13.8. The summed E-state index contributed by atoms with van der Waals surface area (Å²) >= 11 is 0. The van der Waals surface area contributed by atoms with Gasteiger partial charge in [0.25, 0.3) is 5.91 Å². The zero-order valence-electron chi connectivity index (χ0n) is 15.2. The Morgan fingerprint density at radius 3 is 2.70 bits per heavy atom. The van der Waals surface area contributed by atoms with Gasteiger partial charge in [0.2, 0.25) is 0 Å². The molecule has 7 heteroatoms. The van der Waals surface area contributed by atoms with Gasteiger partial charge in [-0.05, 0) is 32.0 Å². The molecule has 0 spiro atoms. The van der Waals surface area contributed by atoms with E-state index in [1.54, 1.807) is 11.8 Å². The first-order valence-corrected chi connectivity index (χ1v) is 8.77. The molecule has 0 saturated carbocycles. The summed E-state index contributed by atoms with van der Waals surface area (Å²) in [7, 11) is 0. The van der Waals surface area contributed by atoms with Gasteiger partial charge in [0.1, 0.15) is 19.0 Å². The first kappa shape index (κ1) is 18.9. The molecule has 1 amide bonds. The predicted octanol–water partition coefficient (Wildman–Crippen LogP) is 3.55. The molecule has 2 aromatic carbocycles. The van der Waals surface area contributed by atoms with Crippen molar-refractivity contribution in [3.05, 3.63) is 53.6 Å². The third-order valence-corrected chi connectivity index (χ3v) is 4.25. The van der Waals surface area contributed by atoms with Crippen molar-refractivity contribution in [3.8, 4) is 17.2 Å². The largest absolute Gasteiger partial charge is 0.486 e. The molecule has 0 fully saturated rings. The summed E-state index contributed by atoms with van der Waals surface area (Å²) in [4.78, 5) is 14.4. The highest BCUT2D eigenvalue weighted by Gasteiger charge is 2.24. The van der Waals surface area contributed by atoms with Gasteiger partial charge in [-0.2, -0.15) is 0 Å². The summed E-state index contributed by atoms with van der Waals surface area (Å²) in [6.07, 6.45) is -0.855. The van der Waals surface area contributed by atoms with E-state index in [1.807, 2.05) is 25.1 Å². The van der Waals surface area contributed by atoms with Crippen LogP contribution in [0.15, 0.2) is 36.4 Å². The molecule has 0 radical (unpaired) electrons. The van der Waals surface area contributed by atoms with E-state index in [-0.39, 0.29) is 11.7 Å². The number of halogens is 2. The van der Waals surface area contributed by atoms with Crippen LogP contribution in [-0.4, -0.2) is 36.7 Å². The van der Waals surface area contributed by atoms with Crippen LogP contribution in [0.1, 0.15) is 19.4 Å². The van der Waals surface area contributed by atoms with Crippen LogP contribution in [0.25, 0.3) is 0 Å². The highest BCUT2D eigenvalue weighted by molar-refractivity contribution is 5.81. The van der Waals surface area contributed by atoms with Gasteiger partial charge in [0, 0.05) is 24.7 Å². The van der Waals surface area contributed by atoms with Crippen LogP contribution in [0.5, 0.6) is 17.2 Å². The number of hydrogen-bond donors (Lipinski definition) is 0. The van der Waals surface area contributed by atoms with Gasteiger partial charge in [0.05, 0.1) is 0 Å². The van der Waals surface area contributed by atoms with E-state index in [2.05, 4.69) is 0 Å². The van der Waals surface area contributed by atoms with Gasteiger partial charge >= 0.3 is 0 Å². The molecule has 1 atom stereocenters. The molecule has 1 aliphatic heterocycles. The standard InChI is InChI=1S/C20H21F2NO4/c1-3-23(12-14-5-4-6-18-19(14)26-10-9-25-18)20(24)13(2)27-15-7-8-16(21)17(22)11-15/h4-8,11,13H,3,9-10,12H2,1-2H3. The summed E-state index contributed by atoms with van der Waals surface area (Å²) in [6, 6.07) is 8.73. The van der Waals surface area contributed by atoms with E-state index in [0.29, 0.717) is 37.8 Å². The van der Waals surface area contributed by atoms with Gasteiger partial charge in [-0.15, -0.1) is 0 Å². The van der Waals surface area contributed by atoms with Crippen LogP contribution in [0.4, 0.5) is 8.78 Å². The third kappa shape index (κ3) is 4.30. The van der Waals surface area contributed by atoms with Gasteiger partial charge in [-0.25, -0.2) is 8.78 Å². The lowest BCUT2D eigenvalue weighted by atomic mass is 10.1. The Hall–Kier alpha value is -2.83. The molecule has 1 unspecified atom stereocenters. The Morgan fingerprint density at radius 2 is 1.96 bits per heavy atom. The number of ether oxygens (including phenoxy) is 3. The van der Waals surface area contributed by atoms with E-state index in [1.165, 1.54) is 6.07 Å².